The zero-order chi connectivity index (χ0) is 27.8. The quantitative estimate of drug-likeness (QED) is 0.115. The van der Waals surface area contributed by atoms with Crippen LogP contribution in [0.3, 0.4) is 0 Å². The number of nitrogens with zero attached hydrogens (tertiary/aromatic N) is 2. The van der Waals surface area contributed by atoms with Gasteiger partial charge in [-0.3, -0.25) is 9.11 Å². The topological polar surface area (TPSA) is 132 Å². The van der Waals surface area contributed by atoms with Crippen LogP contribution in [-0.2, 0) is 26.8 Å². The van der Waals surface area contributed by atoms with E-state index < -0.39 is 20.2 Å². The molecule has 1 aliphatic rings. The molecule has 3 heterocycles. The Labute approximate surface area is 248 Å². The minimum Gasteiger partial charge on any atom is -0.335 e. The van der Waals surface area contributed by atoms with Crippen LogP contribution in [0.5, 0.6) is 0 Å². The van der Waals surface area contributed by atoms with Crippen molar-refractivity contribution in [3.8, 4) is 11.3 Å². The Morgan fingerprint density at radius 2 is 1.69 bits per heavy atom. The highest BCUT2D eigenvalue weighted by Crippen LogP contribution is 2.47. The Kier molecular flexibility index (Phi) is 8.43. The number of anilines is 1. The molecule has 0 atom stereocenters. The van der Waals surface area contributed by atoms with E-state index in [0.717, 1.165) is 45.8 Å². The van der Waals surface area contributed by atoms with Gasteiger partial charge in [0.25, 0.3) is 25.9 Å². The lowest BCUT2D eigenvalue weighted by Crippen LogP contribution is -2.36. The first kappa shape index (κ1) is 28.6. The summed E-state index contributed by atoms with van der Waals surface area (Å²) in [5.74, 6) is -0.680. The molecule has 4 aromatic rings. The van der Waals surface area contributed by atoms with Crippen molar-refractivity contribution in [3.63, 3.8) is 0 Å². The van der Waals surface area contributed by atoms with Gasteiger partial charge in [0, 0.05) is 39.1 Å². The molecule has 0 saturated carbocycles. The molecule has 206 valence electrons. The predicted molar refractivity (Wildman–Crippen MR) is 164 cm³/mol. The first-order chi connectivity index (χ1) is 18.5. The third kappa shape index (κ3) is 7.04. The molecule has 5 rings (SSSR count). The van der Waals surface area contributed by atoms with Crippen molar-refractivity contribution in [1.29, 1.82) is 0 Å². The predicted octanol–water partition coefficient (Wildman–Crippen LogP) is 5.26. The van der Waals surface area contributed by atoms with E-state index in [1.807, 2.05) is 59.2 Å². The molecule has 0 amide bonds. The van der Waals surface area contributed by atoms with Gasteiger partial charge in [-0.1, -0.05) is 53.4 Å². The minimum absolute atomic E-state index is 0.231. The molecule has 1 aliphatic heterocycles. The van der Waals surface area contributed by atoms with Gasteiger partial charge in [0.1, 0.15) is 10.4 Å². The lowest BCUT2D eigenvalue weighted by molar-refractivity contribution is -0.670. The largest absolute Gasteiger partial charge is 0.335 e. The number of aromatic nitrogens is 2. The molecule has 0 unspecified atom stereocenters. The monoisotopic (exact) mass is 718 g/mol. The average Bonchev–Trinajstić information content (AvgIpc) is 3.51. The van der Waals surface area contributed by atoms with Crippen LogP contribution in [0.15, 0.2) is 64.5 Å². The van der Waals surface area contributed by atoms with Crippen LogP contribution in [0, 0.1) is 3.57 Å². The van der Waals surface area contributed by atoms with E-state index in [1.165, 1.54) is 0 Å². The van der Waals surface area contributed by atoms with E-state index in [1.54, 1.807) is 23.1 Å². The Morgan fingerprint density at radius 1 is 0.974 bits per heavy atom. The fraction of sp³-hybridized carbons (Fsp3) is 0.240. The second-order valence-corrected chi connectivity index (χ2v) is 15.5. The summed E-state index contributed by atoms with van der Waals surface area (Å²) in [6.07, 6.45) is 2.51. The van der Waals surface area contributed by atoms with Gasteiger partial charge in [-0.2, -0.15) is 16.8 Å². The van der Waals surface area contributed by atoms with Crippen molar-refractivity contribution in [2.75, 3.05) is 23.0 Å². The molecule has 0 fully saturated rings. The van der Waals surface area contributed by atoms with Crippen molar-refractivity contribution >= 4 is 88.0 Å². The fourth-order valence-corrected chi connectivity index (χ4v) is 8.18. The average molecular weight is 719 g/mol. The van der Waals surface area contributed by atoms with Crippen LogP contribution in [0.1, 0.15) is 17.8 Å². The highest BCUT2D eigenvalue weighted by atomic mass is 127. The number of fused-ring (bicyclic) bond motifs is 2. The Morgan fingerprint density at radius 3 is 2.41 bits per heavy atom. The zero-order valence-electron chi connectivity index (χ0n) is 20.4. The molecular formula is C25H25IN3O6S4+. The molecule has 0 radical (unpaired) electrons. The van der Waals surface area contributed by atoms with Crippen LogP contribution < -0.4 is 9.47 Å². The minimum atomic E-state index is -4.09. The summed E-state index contributed by atoms with van der Waals surface area (Å²) >= 11 is 5.38. The van der Waals surface area contributed by atoms with Crippen molar-refractivity contribution < 1.29 is 30.5 Å². The number of H-pyrrole nitrogens is 1. The number of hydrogen-bond acceptors (Lipinski definition) is 7. The van der Waals surface area contributed by atoms with Gasteiger partial charge in [-0.05, 0) is 47.2 Å². The second kappa shape index (κ2) is 11.5. The molecule has 39 heavy (non-hydrogen) atoms. The zero-order valence-corrected chi connectivity index (χ0v) is 25.9. The third-order valence-corrected chi connectivity index (χ3v) is 10.6. The maximum Gasteiger partial charge on any atom is 0.298 e. The summed E-state index contributed by atoms with van der Waals surface area (Å²) in [6, 6.07) is 18.1. The fourth-order valence-electron chi connectivity index (χ4n) is 4.41. The second-order valence-electron chi connectivity index (χ2n) is 8.98. The molecule has 0 spiro atoms. The van der Waals surface area contributed by atoms with Crippen molar-refractivity contribution in [2.24, 2.45) is 0 Å². The molecule has 0 aliphatic carbocycles. The standard InChI is InChI=1S/C25H24IN3O6S4/c26-18-8-9-21-20(14-18)28(10-4-12-38(30,31)32)23(36-21)16-24-29(11-5-13-39(33,34)35)25-22(37-24)15-19(27-25)17-6-2-1-3-7-17/h1-3,6-9,14-16,27H,4-5,10-13H2,(H-,30,31,32,33,34,35)/p+1. The molecule has 3 N–H and O–H groups in total. The number of benzene rings is 2. The highest BCUT2D eigenvalue weighted by Gasteiger charge is 2.28. The number of thioether (sulfide) groups is 1. The summed E-state index contributed by atoms with van der Waals surface area (Å²) in [4.78, 5) is 6.57. The summed E-state index contributed by atoms with van der Waals surface area (Å²) in [6.45, 7) is 0.766. The van der Waals surface area contributed by atoms with Crippen LogP contribution in [-0.4, -0.2) is 49.0 Å². The summed E-state index contributed by atoms with van der Waals surface area (Å²) < 4.78 is 68.1. The first-order valence-corrected chi connectivity index (χ1v) is 17.9. The molecule has 2 aromatic heterocycles. The number of halogens is 1. The van der Waals surface area contributed by atoms with Gasteiger partial charge in [0.2, 0.25) is 0 Å². The molecule has 0 bridgehead atoms. The maximum absolute atomic E-state index is 11.4. The van der Waals surface area contributed by atoms with E-state index in [-0.39, 0.29) is 24.3 Å². The van der Waals surface area contributed by atoms with Gasteiger partial charge < -0.3 is 4.90 Å². The number of aromatic amines is 1. The maximum atomic E-state index is 11.4. The van der Waals surface area contributed by atoms with Crippen molar-refractivity contribution in [1.82, 2.24) is 4.98 Å². The summed E-state index contributed by atoms with van der Waals surface area (Å²) in [5.41, 5.74) is 3.81. The van der Waals surface area contributed by atoms with Crippen molar-refractivity contribution in [3.05, 3.63) is 68.2 Å². The number of hydrogen-bond donors (Lipinski definition) is 3. The van der Waals surface area contributed by atoms with Crippen LogP contribution in [0.25, 0.3) is 27.7 Å². The van der Waals surface area contributed by atoms with Gasteiger partial charge >= 0.3 is 0 Å². The lowest BCUT2D eigenvalue weighted by atomic mass is 10.2. The Bertz CT molecular complexity index is 1770. The molecule has 9 nitrogen and oxygen atoms in total. The van der Waals surface area contributed by atoms with Crippen molar-refractivity contribution in [2.45, 2.75) is 24.3 Å². The highest BCUT2D eigenvalue weighted by molar-refractivity contribution is 14.1. The SMILES string of the molecule is O=S(=O)(O)CCCN1C(=Cc2sc3cc(-c4ccccc4)[nH]c3[n+]2CCCS(=O)(=O)O)Sc2ccc(I)cc21. The number of nitrogens with one attached hydrogen (secondary N) is 1. The molecular weight excluding hydrogens is 693 g/mol. The van der Waals surface area contributed by atoms with Crippen LogP contribution >= 0.6 is 45.7 Å². The third-order valence-electron chi connectivity index (χ3n) is 6.10. The van der Waals surface area contributed by atoms with E-state index in [2.05, 4.69) is 38.5 Å². The molecule has 0 saturated heterocycles. The number of aryl methyl sites for hydroxylation is 1. The first-order valence-electron chi connectivity index (χ1n) is 11.9. The Balaban J connectivity index is 1.54. The van der Waals surface area contributed by atoms with Gasteiger partial charge in [0.05, 0.1) is 28.8 Å². The smallest absolute Gasteiger partial charge is 0.298 e. The summed E-state index contributed by atoms with van der Waals surface area (Å²) in [5, 5.41) is 1.79. The van der Waals surface area contributed by atoms with Gasteiger partial charge in [-0.25, -0.2) is 9.55 Å². The molecule has 2 aromatic carbocycles. The van der Waals surface area contributed by atoms with Gasteiger partial charge in [-0.15, -0.1) is 0 Å². The number of thiazole rings is 1. The van der Waals surface area contributed by atoms with Gasteiger partial charge in [0.15, 0.2) is 5.01 Å². The van der Waals surface area contributed by atoms with E-state index >= 15 is 0 Å². The molecule has 14 heteroatoms. The van der Waals surface area contributed by atoms with E-state index in [9.17, 15) is 25.9 Å². The number of rotatable bonds is 10. The normalized spacial score (nSPS) is 14.9. The lowest BCUT2D eigenvalue weighted by Gasteiger charge is -2.20. The van der Waals surface area contributed by atoms with E-state index in [4.69, 9.17) is 0 Å². The van der Waals surface area contributed by atoms with Crippen LogP contribution in [0.2, 0.25) is 0 Å². The van der Waals surface area contributed by atoms with E-state index in [0.29, 0.717) is 13.1 Å². The van der Waals surface area contributed by atoms with Crippen LogP contribution in [0.4, 0.5) is 5.69 Å². The summed E-state index contributed by atoms with van der Waals surface area (Å²) in [7, 11) is -8.17. The Hall–Kier alpha value is -1.95.